The van der Waals surface area contributed by atoms with Crippen molar-refractivity contribution in [3.63, 3.8) is 0 Å². The minimum absolute atomic E-state index is 0.114. The first-order valence-electron chi connectivity index (χ1n) is 32.8. The van der Waals surface area contributed by atoms with Crippen LogP contribution < -0.4 is 15.5 Å². The van der Waals surface area contributed by atoms with Crippen molar-refractivity contribution >= 4 is 51.6 Å². The fourth-order valence-electron chi connectivity index (χ4n) is 14.1. The number of nitrogens with zero attached hydrogens (tertiary/aromatic N) is 2. The normalized spacial score (nSPS) is 17.5. The van der Waals surface area contributed by atoms with Gasteiger partial charge in [-0.3, -0.25) is 14.4 Å². The Bertz CT molecular complexity index is 3370. The Balaban J connectivity index is 1.33. The SMILES string of the molecule is CC(=O)NC1=CC(=[N+](CC(CCC(C)CC(C)(C)C)C(C)CC(C)(C)C)c2ccc(-c3ccccc3)cc2)C=CC1=C1C(=O)C(c2ccc(N(CC(CCC(C)CC(C)(C)C)C(C)CC(C)(C)C)c3ccc(-c4ccccc4)cc3)cc2NC(C)=O)=C1O. The van der Waals surface area contributed by atoms with Gasteiger partial charge in [-0.25, -0.2) is 0 Å². The number of aliphatic hydroxyl groups excluding tert-OH is 1. The highest BCUT2D eigenvalue weighted by molar-refractivity contribution is 6.40. The molecule has 5 aromatic rings. The number of hydrogen-bond donors (Lipinski definition) is 3. The molecule has 5 aromatic carbocycles. The number of hydrogen-bond acceptors (Lipinski definition) is 5. The van der Waals surface area contributed by atoms with E-state index in [0.29, 0.717) is 58.0 Å². The van der Waals surface area contributed by atoms with E-state index in [0.717, 1.165) is 109 Å². The van der Waals surface area contributed by atoms with Gasteiger partial charge in [0.05, 0.1) is 22.5 Å². The molecule has 2 aliphatic carbocycles. The Morgan fingerprint density at radius 1 is 0.523 bits per heavy atom. The van der Waals surface area contributed by atoms with Crippen molar-refractivity contribution < 1.29 is 24.1 Å². The van der Waals surface area contributed by atoms with Crippen molar-refractivity contribution in [3.05, 3.63) is 174 Å². The van der Waals surface area contributed by atoms with Gasteiger partial charge in [-0.05, 0) is 161 Å². The Hall–Kier alpha value is -7.06. The van der Waals surface area contributed by atoms with E-state index in [-0.39, 0.29) is 56.2 Å². The quantitative estimate of drug-likeness (QED) is 0.0422. The van der Waals surface area contributed by atoms with Crippen LogP contribution in [0.3, 0.4) is 0 Å². The molecule has 0 aromatic heterocycles. The van der Waals surface area contributed by atoms with Crippen LogP contribution in [0.5, 0.6) is 0 Å². The van der Waals surface area contributed by atoms with Crippen LogP contribution >= 0.6 is 0 Å². The van der Waals surface area contributed by atoms with Crippen LogP contribution in [0.2, 0.25) is 0 Å². The zero-order valence-corrected chi connectivity index (χ0v) is 57.0. The Labute approximate surface area is 530 Å². The third-order valence-corrected chi connectivity index (χ3v) is 17.6. The average Bonchev–Trinajstić information content (AvgIpc) is 0.762. The summed E-state index contributed by atoms with van der Waals surface area (Å²) in [7, 11) is 0. The van der Waals surface area contributed by atoms with Gasteiger partial charge >= 0.3 is 0 Å². The number of allylic oxidation sites excluding steroid dienone is 5. The van der Waals surface area contributed by atoms with E-state index >= 15 is 4.79 Å². The predicted molar refractivity (Wildman–Crippen MR) is 372 cm³/mol. The highest BCUT2D eigenvalue weighted by atomic mass is 16.3. The van der Waals surface area contributed by atoms with Crippen molar-refractivity contribution in [1.29, 1.82) is 0 Å². The van der Waals surface area contributed by atoms with Crippen molar-refractivity contribution in [3.8, 4) is 22.3 Å². The molecule has 0 spiro atoms. The summed E-state index contributed by atoms with van der Waals surface area (Å²) >= 11 is 0. The molecule has 6 atom stereocenters. The van der Waals surface area contributed by atoms with E-state index in [1.165, 1.54) is 13.8 Å². The van der Waals surface area contributed by atoms with Gasteiger partial charge in [0.2, 0.25) is 29.0 Å². The molecule has 0 fully saturated rings. The number of carbonyl (C=O) groups excluding carboxylic acids is 3. The minimum atomic E-state index is -0.376. The topological polar surface area (TPSA) is 102 Å². The fraction of sp³-hybridized carbons (Fsp3) is 0.475. The highest BCUT2D eigenvalue weighted by Crippen LogP contribution is 2.46. The average molecular weight is 1190 g/mol. The second-order valence-corrected chi connectivity index (χ2v) is 31.2. The second kappa shape index (κ2) is 29.1. The van der Waals surface area contributed by atoms with Crippen LogP contribution in [0.4, 0.5) is 22.7 Å². The summed E-state index contributed by atoms with van der Waals surface area (Å²) in [6.07, 6.45) is 14.6. The van der Waals surface area contributed by atoms with E-state index in [4.69, 9.17) is 0 Å². The summed E-state index contributed by atoms with van der Waals surface area (Å²) in [6.45, 7) is 42.0. The number of benzene rings is 5. The lowest BCUT2D eigenvalue weighted by Crippen LogP contribution is -2.32. The molecule has 8 heteroatoms. The van der Waals surface area contributed by atoms with Crippen LogP contribution in [0, 0.1) is 57.2 Å². The van der Waals surface area contributed by atoms with Gasteiger partial charge in [-0.2, -0.15) is 4.58 Å². The van der Waals surface area contributed by atoms with Crippen molar-refractivity contribution in [2.75, 3.05) is 23.3 Å². The third kappa shape index (κ3) is 19.5. The first-order valence-corrected chi connectivity index (χ1v) is 32.8. The summed E-state index contributed by atoms with van der Waals surface area (Å²) < 4.78 is 2.37. The molecule has 2 aliphatic rings. The molecule has 88 heavy (non-hydrogen) atoms. The van der Waals surface area contributed by atoms with Crippen molar-refractivity contribution in [1.82, 2.24) is 5.32 Å². The van der Waals surface area contributed by atoms with Crippen LogP contribution in [0.1, 0.15) is 182 Å². The van der Waals surface area contributed by atoms with Gasteiger partial charge in [0.25, 0.3) is 0 Å². The fourth-order valence-corrected chi connectivity index (χ4v) is 14.1. The maximum atomic E-state index is 15.0. The molecular formula is C80H107N4O4+. The molecule has 7 rings (SSSR count). The summed E-state index contributed by atoms with van der Waals surface area (Å²) in [5, 5.41) is 18.5. The van der Waals surface area contributed by atoms with Gasteiger partial charge in [0, 0.05) is 73.1 Å². The van der Waals surface area contributed by atoms with Crippen molar-refractivity contribution in [2.45, 2.75) is 176 Å². The van der Waals surface area contributed by atoms with Crippen LogP contribution in [0.15, 0.2) is 168 Å². The maximum absolute atomic E-state index is 15.0. The number of amides is 2. The molecule has 0 radical (unpaired) electrons. The van der Waals surface area contributed by atoms with Gasteiger partial charge < -0.3 is 20.6 Å². The maximum Gasteiger partial charge on any atom is 0.221 e. The summed E-state index contributed by atoms with van der Waals surface area (Å²) in [5.41, 5.74) is 11.0. The monoisotopic (exact) mass is 1190 g/mol. The zero-order valence-electron chi connectivity index (χ0n) is 57.0. The van der Waals surface area contributed by atoms with E-state index in [1.54, 1.807) is 0 Å². The number of Topliss-reactive ketones (excluding diaryl/α,β-unsaturated/α-hetero) is 1. The first kappa shape index (κ1) is 68.4. The molecular weight excluding hydrogens is 1080 g/mol. The Morgan fingerprint density at radius 3 is 1.45 bits per heavy atom. The number of ketones is 1. The number of rotatable bonds is 24. The van der Waals surface area contributed by atoms with E-state index in [1.807, 2.05) is 48.6 Å². The number of nitrogens with one attached hydrogen (secondary N) is 2. The van der Waals surface area contributed by atoms with Crippen LogP contribution in [-0.4, -0.2) is 46.1 Å². The van der Waals surface area contributed by atoms with Gasteiger partial charge in [0.1, 0.15) is 5.76 Å². The third-order valence-electron chi connectivity index (χ3n) is 17.6. The van der Waals surface area contributed by atoms with Crippen LogP contribution in [-0.2, 0) is 14.4 Å². The Kier molecular flexibility index (Phi) is 22.6. The molecule has 470 valence electrons. The summed E-state index contributed by atoms with van der Waals surface area (Å²) in [5.74, 6) is 1.45. The van der Waals surface area contributed by atoms with E-state index in [9.17, 15) is 14.7 Å². The molecule has 8 nitrogen and oxygen atoms in total. The standard InChI is InChI=1S/C80H106N4O4/c1-53(47-77(7,8)9)29-31-63(55(3)49-79(13,14)15)51-83(65-37-33-61(34-38-65)59-25-21-19-22-26-59)67-41-43-69(71(45-67)81-57(5)85)73-75(87)74(76(73)88)70-44-42-68(46-72(70)82-58(6)86)84(66-39-35-62(36-40-66)60-27-23-20-24-28-60)52-64(56(4)50-80(16,17)18)32-30-54(2)48-78(10,11)12/h19-28,33-46,53-56,63-64H,29-32,47-52H2,1-18H3,(H2,81,82,85,86,87,88)/p+1. The summed E-state index contributed by atoms with van der Waals surface area (Å²) in [4.78, 5) is 43.9. The number of aliphatic hydroxyl groups is 1. The molecule has 0 bridgehead atoms. The zero-order chi connectivity index (χ0) is 64.5. The molecule has 0 saturated carbocycles. The second-order valence-electron chi connectivity index (χ2n) is 31.2. The molecule has 3 N–H and O–H groups in total. The largest absolute Gasteiger partial charge is 0.506 e. The molecule has 0 aliphatic heterocycles. The molecule has 6 unspecified atom stereocenters. The van der Waals surface area contributed by atoms with Gasteiger partial charge in [-0.1, -0.05) is 196 Å². The Morgan fingerprint density at radius 2 is 0.977 bits per heavy atom. The number of anilines is 3. The van der Waals surface area contributed by atoms with Gasteiger partial charge in [-0.15, -0.1) is 0 Å². The number of carbonyl (C=O) groups is 3. The predicted octanol–water partition coefficient (Wildman–Crippen LogP) is 20.7. The first-order chi connectivity index (χ1) is 41.2. The molecule has 0 heterocycles. The lowest BCUT2D eigenvalue weighted by atomic mass is 9.76. The van der Waals surface area contributed by atoms with E-state index < -0.39 is 0 Å². The summed E-state index contributed by atoms with van der Waals surface area (Å²) in [6, 6.07) is 44.1. The minimum Gasteiger partial charge on any atom is -0.506 e. The lowest BCUT2D eigenvalue weighted by Gasteiger charge is -2.36. The van der Waals surface area contributed by atoms with Gasteiger partial charge in [0.15, 0.2) is 6.54 Å². The molecule has 2 amide bonds. The highest BCUT2D eigenvalue weighted by Gasteiger charge is 2.40. The smallest absolute Gasteiger partial charge is 0.221 e. The molecule has 0 saturated heterocycles. The van der Waals surface area contributed by atoms with Crippen LogP contribution in [0.25, 0.3) is 27.8 Å². The van der Waals surface area contributed by atoms with Crippen molar-refractivity contribution in [2.24, 2.45) is 57.2 Å². The van der Waals surface area contributed by atoms with E-state index in [2.05, 4.69) is 228 Å². The lowest BCUT2D eigenvalue weighted by molar-refractivity contribution is -0.450.